The van der Waals surface area contributed by atoms with Crippen molar-refractivity contribution in [2.75, 3.05) is 0 Å². The summed E-state index contributed by atoms with van der Waals surface area (Å²) < 4.78 is 1.67. The molecule has 27 heavy (non-hydrogen) atoms. The normalized spacial score (nSPS) is 13.6. The van der Waals surface area contributed by atoms with Crippen LogP contribution in [0.25, 0.3) is 16.9 Å². The molecule has 5 rings (SSSR count). The Balaban J connectivity index is 1.38. The van der Waals surface area contributed by atoms with Gasteiger partial charge in [0.25, 0.3) is 5.91 Å². The van der Waals surface area contributed by atoms with E-state index in [1.807, 2.05) is 29.0 Å². The summed E-state index contributed by atoms with van der Waals surface area (Å²) in [5.41, 5.74) is 5.16. The van der Waals surface area contributed by atoms with Gasteiger partial charge in [-0.2, -0.15) is 26.0 Å². The van der Waals surface area contributed by atoms with Gasteiger partial charge in [0.15, 0.2) is 17.2 Å². The Bertz CT molecular complexity index is 1110. The zero-order valence-electron chi connectivity index (χ0n) is 14.5. The molecule has 0 radical (unpaired) electrons. The summed E-state index contributed by atoms with van der Waals surface area (Å²) in [6.45, 7) is 0.238. The minimum Gasteiger partial charge on any atom is -0.343 e. The highest BCUT2D eigenvalue weighted by atomic mass is 32.1. The highest BCUT2D eigenvalue weighted by molar-refractivity contribution is 7.08. The fourth-order valence-electron chi connectivity index (χ4n) is 3.42. The van der Waals surface area contributed by atoms with Crippen LogP contribution in [0.3, 0.4) is 0 Å². The Kier molecular flexibility index (Phi) is 3.93. The first-order valence-corrected chi connectivity index (χ1v) is 9.82. The van der Waals surface area contributed by atoms with Gasteiger partial charge >= 0.3 is 0 Å². The zero-order chi connectivity index (χ0) is 18.2. The maximum atomic E-state index is 12.6. The minimum absolute atomic E-state index is 0.194. The molecule has 136 valence electrons. The van der Waals surface area contributed by atoms with Crippen molar-refractivity contribution in [3.8, 4) is 11.3 Å². The highest BCUT2D eigenvalue weighted by Crippen LogP contribution is 2.22. The molecule has 0 aliphatic heterocycles. The standard InChI is InChI=1S/C18H17N7OS/c26-18(17-12-3-1-2-4-14(12)20-23-17)19-9-16-22-21-15-6-5-13(24-25(15)16)11-7-8-27-10-11/h5-8,10H,1-4,9H2,(H,19,26)(H,20,23). The molecular formula is C18H17N7OS. The number of amides is 1. The van der Waals surface area contributed by atoms with E-state index in [1.54, 1.807) is 15.9 Å². The number of hydrogen-bond acceptors (Lipinski definition) is 6. The van der Waals surface area contributed by atoms with Crippen LogP contribution in [0, 0.1) is 0 Å². The topological polar surface area (TPSA) is 101 Å². The summed E-state index contributed by atoms with van der Waals surface area (Å²) in [4.78, 5) is 12.6. The number of aromatic amines is 1. The van der Waals surface area contributed by atoms with E-state index >= 15 is 0 Å². The van der Waals surface area contributed by atoms with Gasteiger partial charge in [-0.15, -0.1) is 10.2 Å². The maximum Gasteiger partial charge on any atom is 0.272 e. The average Bonchev–Trinajstić information content (AvgIpc) is 3.45. The van der Waals surface area contributed by atoms with Crippen molar-refractivity contribution in [1.82, 2.24) is 35.3 Å². The molecule has 2 N–H and O–H groups in total. The summed E-state index contributed by atoms with van der Waals surface area (Å²) in [5.74, 6) is 0.389. The molecule has 1 aliphatic rings. The predicted molar refractivity (Wildman–Crippen MR) is 100 cm³/mol. The first kappa shape index (κ1) is 16.1. The Hall–Kier alpha value is -3.07. The van der Waals surface area contributed by atoms with Crippen molar-refractivity contribution in [2.45, 2.75) is 32.2 Å². The van der Waals surface area contributed by atoms with Crippen molar-refractivity contribution >= 4 is 22.9 Å². The molecule has 0 saturated heterocycles. The third kappa shape index (κ3) is 2.89. The first-order valence-electron chi connectivity index (χ1n) is 8.88. The van der Waals surface area contributed by atoms with Crippen LogP contribution >= 0.6 is 11.3 Å². The van der Waals surface area contributed by atoms with Crippen LogP contribution in [0.5, 0.6) is 0 Å². The molecule has 0 spiro atoms. The fourth-order valence-corrected chi connectivity index (χ4v) is 4.07. The first-order chi connectivity index (χ1) is 13.3. The molecule has 0 aromatic carbocycles. The molecule has 4 heterocycles. The average molecular weight is 379 g/mol. The summed E-state index contributed by atoms with van der Waals surface area (Å²) >= 11 is 1.62. The van der Waals surface area contributed by atoms with Crippen LogP contribution in [0.4, 0.5) is 0 Å². The van der Waals surface area contributed by atoms with Crippen molar-refractivity contribution in [3.05, 3.63) is 51.7 Å². The molecule has 4 aromatic heterocycles. The number of aryl methyl sites for hydroxylation is 1. The second-order valence-corrected chi connectivity index (χ2v) is 7.32. The van der Waals surface area contributed by atoms with E-state index in [9.17, 15) is 4.79 Å². The van der Waals surface area contributed by atoms with Gasteiger partial charge in [-0.05, 0) is 49.3 Å². The monoisotopic (exact) mass is 379 g/mol. The highest BCUT2D eigenvalue weighted by Gasteiger charge is 2.22. The lowest BCUT2D eigenvalue weighted by atomic mass is 9.96. The third-order valence-electron chi connectivity index (χ3n) is 4.82. The summed E-state index contributed by atoms with van der Waals surface area (Å²) in [6, 6.07) is 5.82. The Morgan fingerprint density at radius 3 is 3.04 bits per heavy atom. The largest absolute Gasteiger partial charge is 0.343 e. The minimum atomic E-state index is -0.194. The predicted octanol–water partition coefficient (Wildman–Crippen LogP) is 2.38. The SMILES string of the molecule is O=C(NCc1nnc2ccc(-c3ccsc3)nn12)c1n[nH]c2c1CCCC2. The van der Waals surface area contributed by atoms with Crippen LogP contribution in [0.15, 0.2) is 29.0 Å². The van der Waals surface area contributed by atoms with Crippen molar-refractivity contribution in [3.63, 3.8) is 0 Å². The van der Waals surface area contributed by atoms with Gasteiger partial charge in [-0.3, -0.25) is 9.89 Å². The number of carbonyl (C=O) groups excluding carboxylic acids is 1. The van der Waals surface area contributed by atoms with Gasteiger partial charge in [0.2, 0.25) is 0 Å². The Morgan fingerprint density at radius 2 is 2.15 bits per heavy atom. The quantitative estimate of drug-likeness (QED) is 0.567. The second-order valence-electron chi connectivity index (χ2n) is 6.54. The fraction of sp³-hybridized carbons (Fsp3) is 0.278. The molecule has 1 aliphatic carbocycles. The number of nitrogens with zero attached hydrogens (tertiary/aromatic N) is 5. The van der Waals surface area contributed by atoms with E-state index in [4.69, 9.17) is 0 Å². The molecule has 0 fully saturated rings. The summed E-state index contributed by atoms with van der Waals surface area (Å²) in [6.07, 6.45) is 4.09. The summed E-state index contributed by atoms with van der Waals surface area (Å²) in [7, 11) is 0. The zero-order valence-corrected chi connectivity index (χ0v) is 15.3. The van der Waals surface area contributed by atoms with Crippen molar-refractivity contribution in [2.24, 2.45) is 0 Å². The van der Waals surface area contributed by atoms with Crippen LogP contribution in [-0.4, -0.2) is 35.9 Å². The van der Waals surface area contributed by atoms with E-state index < -0.39 is 0 Å². The van der Waals surface area contributed by atoms with Crippen molar-refractivity contribution < 1.29 is 4.79 Å². The van der Waals surface area contributed by atoms with Gasteiger partial charge in [0.05, 0.1) is 12.2 Å². The lowest BCUT2D eigenvalue weighted by molar-refractivity contribution is 0.0943. The van der Waals surface area contributed by atoms with Gasteiger partial charge in [0, 0.05) is 22.2 Å². The number of thiophene rings is 1. The summed E-state index contributed by atoms with van der Waals surface area (Å²) in [5, 5.41) is 27.1. The van der Waals surface area contributed by atoms with E-state index in [1.165, 1.54) is 0 Å². The molecule has 0 saturated carbocycles. The van der Waals surface area contributed by atoms with Crippen LogP contribution < -0.4 is 5.32 Å². The number of carbonyl (C=O) groups is 1. The van der Waals surface area contributed by atoms with E-state index in [0.29, 0.717) is 17.2 Å². The Morgan fingerprint density at radius 1 is 1.22 bits per heavy atom. The number of nitrogens with one attached hydrogen (secondary N) is 2. The lowest BCUT2D eigenvalue weighted by Crippen LogP contribution is -2.26. The van der Waals surface area contributed by atoms with Crippen LogP contribution in [0.1, 0.15) is 40.4 Å². The van der Waals surface area contributed by atoms with Crippen molar-refractivity contribution in [1.29, 1.82) is 0 Å². The van der Waals surface area contributed by atoms with Crippen LogP contribution in [-0.2, 0) is 19.4 Å². The van der Waals surface area contributed by atoms with E-state index in [-0.39, 0.29) is 12.5 Å². The molecule has 8 nitrogen and oxygen atoms in total. The third-order valence-corrected chi connectivity index (χ3v) is 5.51. The van der Waals surface area contributed by atoms with Gasteiger partial charge in [-0.25, -0.2) is 0 Å². The lowest BCUT2D eigenvalue weighted by Gasteiger charge is -2.10. The number of hydrogen-bond donors (Lipinski definition) is 2. The molecule has 0 atom stereocenters. The van der Waals surface area contributed by atoms with Gasteiger partial charge in [0.1, 0.15) is 0 Å². The molecule has 1 amide bonds. The smallest absolute Gasteiger partial charge is 0.272 e. The molecule has 0 unspecified atom stereocenters. The number of aromatic nitrogens is 6. The second kappa shape index (κ2) is 6.58. The molecule has 4 aromatic rings. The van der Waals surface area contributed by atoms with Gasteiger partial charge < -0.3 is 5.32 Å². The maximum absolute atomic E-state index is 12.6. The van der Waals surface area contributed by atoms with Gasteiger partial charge in [-0.1, -0.05) is 0 Å². The molecular weight excluding hydrogens is 362 g/mol. The molecule has 9 heteroatoms. The van der Waals surface area contributed by atoms with E-state index in [0.717, 1.165) is 48.2 Å². The van der Waals surface area contributed by atoms with E-state index in [2.05, 4.69) is 30.8 Å². The molecule has 0 bridgehead atoms. The Labute approximate surface area is 158 Å². The number of fused-ring (bicyclic) bond motifs is 2. The van der Waals surface area contributed by atoms with Crippen LogP contribution in [0.2, 0.25) is 0 Å². The number of rotatable bonds is 4. The number of H-pyrrole nitrogens is 1.